The van der Waals surface area contributed by atoms with Gasteiger partial charge in [-0.2, -0.15) is 0 Å². The highest BCUT2D eigenvalue weighted by molar-refractivity contribution is 6.03. The van der Waals surface area contributed by atoms with Gasteiger partial charge in [0.05, 0.1) is 38.7 Å². The summed E-state index contributed by atoms with van der Waals surface area (Å²) in [6.45, 7) is 0.705. The molecule has 0 saturated carbocycles. The maximum atomic E-state index is 13.4. The van der Waals surface area contributed by atoms with Crippen LogP contribution in [0.5, 0.6) is 11.5 Å². The van der Waals surface area contributed by atoms with Crippen molar-refractivity contribution >= 4 is 17.5 Å². The van der Waals surface area contributed by atoms with Gasteiger partial charge in [-0.25, -0.2) is 0 Å². The van der Waals surface area contributed by atoms with Gasteiger partial charge >= 0.3 is 0 Å². The normalized spacial score (nSPS) is 28.0. The number of hydrogen-bond donors (Lipinski definition) is 1. The van der Waals surface area contributed by atoms with Crippen molar-refractivity contribution in [3.63, 3.8) is 0 Å². The minimum atomic E-state index is -0.767. The van der Waals surface area contributed by atoms with Gasteiger partial charge in [-0.3, -0.25) is 9.59 Å². The average molecular weight is 420 g/mol. The fourth-order valence-corrected chi connectivity index (χ4v) is 4.94. The molecular weight excluding hydrogens is 396 g/mol. The molecule has 0 radical (unpaired) electrons. The summed E-state index contributed by atoms with van der Waals surface area (Å²) < 4.78 is 16.9. The molecule has 2 aromatic rings. The monoisotopic (exact) mass is 420 g/mol. The fraction of sp³-hybridized carbons (Fsp3) is 0.333. The number of carbonyl (C=O) groups excluding carboxylic acids is 2. The number of rotatable bonds is 6. The van der Waals surface area contributed by atoms with Gasteiger partial charge in [0.1, 0.15) is 17.1 Å². The van der Waals surface area contributed by atoms with Crippen molar-refractivity contribution in [1.29, 1.82) is 0 Å². The first kappa shape index (κ1) is 19.6. The number of anilines is 1. The lowest BCUT2D eigenvalue weighted by Crippen LogP contribution is -2.44. The topological polar surface area (TPSA) is 77.1 Å². The third-order valence-electron chi connectivity index (χ3n) is 6.41. The highest BCUT2D eigenvalue weighted by Gasteiger charge is 2.67. The molecule has 3 aliphatic rings. The molecule has 3 aliphatic heterocycles. The predicted molar refractivity (Wildman–Crippen MR) is 114 cm³/mol. The lowest BCUT2D eigenvalue weighted by atomic mass is 9.77. The van der Waals surface area contributed by atoms with Crippen LogP contribution < -0.4 is 19.7 Å². The Kier molecular flexibility index (Phi) is 4.70. The van der Waals surface area contributed by atoms with Crippen molar-refractivity contribution in [2.75, 3.05) is 25.7 Å². The minimum Gasteiger partial charge on any atom is -0.497 e. The summed E-state index contributed by atoms with van der Waals surface area (Å²) in [5.41, 5.74) is 0.849. The summed E-state index contributed by atoms with van der Waals surface area (Å²) in [6, 6.07) is 14.9. The highest BCUT2D eigenvalue weighted by atomic mass is 16.5. The van der Waals surface area contributed by atoms with Crippen molar-refractivity contribution < 1.29 is 23.8 Å². The number of benzene rings is 2. The van der Waals surface area contributed by atoms with Crippen molar-refractivity contribution in [2.45, 2.75) is 18.2 Å². The Morgan fingerprint density at radius 2 is 2.03 bits per heavy atom. The van der Waals surface area contributed by atoms with Crippen molar-refractivity contribution in [3.05, 3.63) is 66.2 Å². The molecule has 0 aliphatic carbocycles. The molecule has 4 atom stereocenters. The summed E-state index contributed by atoms with van der Waals surface area (Å²) >= 11 is 0. The van der Waals surface area contributed by atoms with Crippen molar-refractivity contribution in [3.8, 4) is 11.5 Å². The van der Waals surface area contributed by atoms with Gasteiger partial charge in [-0.05, 0) is 18.2 Å². The van der Waals surface area contributed by atoms with E-state index in [4.69, 9.17) is 14.2 Å². The Labute approximate surface area is 180 Å². The zero-order valence-corrected chi connectivity index (χ0v) is 17.4. The van der Waals surface area contributed by atoms with E-state index in [1.807, 2.05) is 60.7 Å². The van der Waals surface area contributed by atoms with Gasteiger partial charge in [-0.15, -0.1) is 0 Å². The zero-order valence-electron chi connectivity index (χ0n) is 17.4. The van der Waals surface area contributed by atoms with Gasteiger partial charge in [0, 0.05) is 23.9 Å². The minimum absolute atomic E-state index is 0.0995. The summed E-state index contributed by atoms with van der Waals surface area (Å²) in [4.78, 5) is 28.3. The second-order valence-corrected chi connectivity index (χ2v) is 8.06. The summed E-state index contributed by atoms with van der Waals surface area (Å²) in [5.74, 6) is -0.0177. The first-order valence-electron chi connectivity index (χ1n) is 10.3. The lowest BCUT2D eigenvalue weighted by molar-refractivity contribution is -0.132. The molecule has 7 heteroatoms. The second-order valence-electron chi connectivity index (χ2n) is 8.06. The Balaban J connectivity index is 1.37. The van der Waals surface area contributed by atoms with Gasteiger partial charge in [0.15, 0.2) is 0 Å². The SMILES string of the molecule is COc1cccc(N2C[C@@]34C=C[C@@H](O3)[C@@H](C(=O)NCc3ccccc3OC)[C@H]4C2=O)c1. The zero-order chi connectivity index (χ0) is 21.6. The summed E-state index contributed by atoms with van der Waals surface area (Å²) in [6.07, 6.45) is 3.47. The van der Waals surface area contributed by atoms with Crippen LogP contribution in [0, 0.1) is 11.8 Å². The molecule has 2 amide bonds. The number of hydrogen-bond acceptors (Lipinski definition) is 5. The number of para-hydroxylation sites is 1. The molecule has 3 heterocycles. The number of nitrogens with one attached hydrogen (secondary N) is 1. The quantitative estimate of drug-likeness (QED) is 0.726. The van der Waals surface area contributed by atoms with Crippen LogP contribution in [0.3, 0.4) is 0 Å². The van der Waals surface area contributed by atoms with Crippen molar-refractivity contribution in [1.82, 2.24) is 5.32 Å². The molecule has 2 aromatic carbocycles. The molecule has 2 saturated heterocycles. The van der Waals surface area contributed by atoms with Gasteiger partial charge in [0.25, 0.3) is 0 Å². The summed E-state index contributed by atoms with van der Waals surface area (Å²) in [5, 5.41) is 2.98. The van der Waals surface area contributed by atoms with Gasteiger partial charge < -0.3 is 24.4 Å². The molecule has 1 N–H and O–H groups in total. The Hall–Kier alpha value is -3.32. The molecule has 160 valence electrons. The van der Waals surface area contributed by atoms with E-state index in [2.05, 4.69) is 5.32 Å². The average Bonchev–Trinajstić information content (AvgIpc) is 3.46. The second kappa shape index (κ2) is 7.42. The molecule has 5 rings (SSSR count). The van der Waals surface area contributed by atoms with Crippen LogP contribution in [0.2, 0.25) is 0 Å². The number of amides is 2. The Bertz CT molecular complexity index is 1070. The smallest absolute Gasteiger partial charge is 0.234 e. The van der Waals surface area contributed by atoms with E-state index >= 15 is 0 Å². The van der Waals surface area contributed by atoms with E-state index in [-0.39, 0.29) is 17.9 Å². The molecule has 7 nitrogen and oxygen atoms in total. The van der Waals surface area contributed by atoms with Gasteiger partial charge in [0.2, 0.25) is 11.8 Å². The molecule has 0 aromatic heterocycles. The molecule has 2 fully saturated rings. The predicted octanol–water partition coefficient (Wildman–Crippen LogP) is 2.31. The number of fused-ring (bicyclic) bond motifs is 1. The van der Waals surface area contributed by atoms with Crippen LogP contribution in [-0.2, 0) is 20.9 Å². The van der Waals surface area contributed by atoms with Crippen molar-refractivity contribution in [2.24, 2.45) is 11.8 Å². The first-order valence-corrected chi connectivity index (χ1v) is 10.3. The molecule has 2 bridgehead atoms. The largest absolute Gasteiger partial charge is 0.497 e. The van der Waals surface area contributed by atoms with Gasteiger partial charge in [-0.1, -0.05) is 36.4 Å². The van der Waals surface area contributed by atoms with Crippen LogP contribution in [0.4, 0.5) is 5.69 Å². The third kappa shape index (κ3) is 3.08. The van der Waals surface area contributed by atoms with Crippen LogP contribution in [0.1, 0.15) is 5.56 Å². The molecule has 0 unspecified atom stereocenters. The number of ether oxygens (including phenoxy) is 3. The van der Waals surface area contributed by atoms with E-state index < -0.39 is 17.4 Å². The third-order valence-corrected chi connectivity index (χ3v) is 6.41. The fourth-order valence-electron chi connectivity index (χ4n) is 4.94. The summed E-state index contributed by atoms with van der Waals surface area (Å²) in [7, 11) is 3.19. The van der Waals surface area contributed by atoms with E-state index in [1.165, 1.54) is 0 Å². The maximum Gasteiger partial charge on any atom is 0.234 e. The van der Waals surface area contributed by atoms with Crippen LogP contribution >= 0.6 is 0 Å². The molecule has 1 spiro atoms. The first-order chi connectivity index (χ1) is 15.1. The van der Waals surface area contributed by atoms with E-state index in [9.17, 15) is 9.59 Å². The number of methoxy groups -OCH3 is 2. The Morgan fingerprint density at radius 1 is 1.19 bits per heavy atom. The van der Waals surface area contributed by atoms with E-state index in [0.717, 1.165) is 11.3 Å². The van der Waals surface area contributed by atoms with E-state index in [1.54, 1.807) is 19.1 Å². The number of nitrogens with zero attached hydrogens (tertiary/aromatic N) is 1. The maximum absolute atomic E-state index is 13.4. The lowest BCUT2D eigenvalue weighted by Gasteiger charge is -2.23. The van der Waals surface area contributed by atoms with Crippen LogP contribution in [-0.4, -0.2) is 44.3 Å². The Morgan fingerprint density at radius 3 is 2.84 bits per heavy atom. The standard InChI is InChI=1S/C24H24N2O5/c1-29-17-8-5-7-16(12-17)26-14-24-11-10-19(31-24)20(21(24)23(26)28)22(27)25-13-15-6-3-4-9-18(15)30-2/h3-12,19-21H,13-14H2,1-2H3,(H,25,27)/t19-,20-,21+,24-/m1/s1. The highest BCUT2D eigenvalue weighted by Crippen LogP contribution is 2.52. The number of carbonyl (C=O) groups is 2. The van der Waals surface area contributed by atoms with Crippen LogP contribution in [0.15, 0.2) is 60.7 Å². The van der Waals surface area contributed by atoms with E-state index in [0.29, 0.717) is 24.6 Å². The van der Waals surface area contributed by atoms with Crippen LogP contribution in [0.25, 0.3) is 0 Å². The molecular formula is C24H24N2O5. The molecule has 31 heavy (non-hydrogen) atoms.